The van der Waals surface area contributed by atoms with Gasteiger partial charge in [0.2, 0.25) is 5.91 Å². The first-order chi connectivity index (χ1) is 15.2. The molecule has 1 amide bonds. The van der Waals surface area contributed by atoms with Crippen molar-refractivity contribution in [3.05, 3.63) is 57.3 Å². The molecule has 1 aromatic carbocycles. The Morgan fingerprint density at radius 3 is 2.24 bits per heavy atom. The second-order valence-corrected chi connectivity index (χ2v) is 10.2. The van der Waals surface area contributed by atoms with E-state index in [0.29, 0.717) is 5.56 Å². The fourth-order valence-electron chi connectivity index (χ4n) is 3.43. The molecule has 1 heterocycles. The van der Waals surface area contributed by atoms with Gasteiger partial charge in [0.1, 0.15) is 27.6 Å². The molecule has 0 aliphatic rings. The molecule has 33 heavy (non-hydrogen) atoms. The molecule has 0 saturated carbocycles. The Balaban J connectivity index is 2.53. The number of pyridine rings is 1. The first kappa shape index (κ1) is 26.9. The van der Waals surface area contributed by atoms with Crippen LogP contribution in [0.5, 0.6) is 5.75 Å². The second kappa shape index (κ2) is 10.3. The normalized spacial score (nSPS) is 12.8. The zero-order valence-electron chi connectivity index (χ0n) is 20.5. The van der Waals surface area contributed by atoms with Crippen molar-refractivity contribution >= 4 is 35.1 Å². The van der Waals surface area contributed by atoms with E-state index in [9.17, 15) is 9.59 Å². The van der Waals surface area contributed by atoms with Crippen molar-refractivity contribution < 1.29 is 19.1 Å². The summed E-state index contributed by atoms with van der Waals surface area (Å²) < 4.78 is 10.8. The molecule has 2 aromatic rings. The topological polar surface area (TPSA) is 68.7 Å². The SMILES string of the molecule is COc1ccc(CN(C(=O)C(C)C(=O)OC(C)(C)C)C(C)(C)c2ccc(Cl)nc2Cl)c(C)c1. The third-order valence-electron chi connectivity index (χ3n) is 5.42. The van der Waals surface area contributed by atoms with Crippen LogP contribution in [0.1, 0.15) is 58.2 Å². The maximum Gasteiger partial charge on any atom is 0.318 e. The second-order valence-electron chi connectivity index (χ2n) is 9.50. The number of benzene rings is 1. The first-order valence-corrected chi connectivity index (χ1v) is 11.4. The molecule has 0 saturated heterocycles. The molecule has 0 spiro atoms. The van der Waals surface area contributed by atoms with Crippen molar-refractivity contribution in [3.8, 4) is 5.75 Å². The number of esters is 1. The highest BCUT2D eigenvalue weighted by atomic mass is 35.5. The molecule has 6 nitrogen and oxygen atoms in total. The molecule has 0 bridgehead atoms. The molecule has 8 heteroatoms. The smallest absolute Gasteiger partial charge is 0.318 e. The van der Waals surface area contributed by atoms with E-state index in [0.717, 1.165) is 16.9 Å². The molecule has 1 aromatic heterocycles. The summed E-state index contributed by atoms with van der Waals surface area (Å²) in [7, 11) is 1.60. The van der Waals surface area contributed by atoms with Gasteiger partial charge in [-0.1, -0.05) is 35.3 Å². The number of halogens is 2. The van der Waals surface area contributed by atoms with Crippen LogP contribution in [-0.2, 0) is 26.4 Å². The predicted molar refractivity (Wildman–Crippen MR) is 131 cm³/mol. The summed E-state index contributed by atoms with van der Waals surface area (Å²) in [6.45, 7) is 12.8. The molecule has 0 radical (unpaired) electrons. The van der Waals surface area contributed by atoms with Crippen LogP contribution in [0.15, 0.2) is 30.3 Å². The average molecular weight is 495 g/mol. The number of hydrogen-bond acceptors (Lipinski definition) is 5. The molecule has 180 valence electrons. The van der Waals surface area contributed by atoms with Crippen LogP contribution in [0.25, 0.3) is 0 Å². The van der Waals surface area contributed by atoms with Crippen molar-refractivity contribution in [2.75, 3.05) is 7.11 Å². The van der Waals surface area contributed by atoms with Gasteiger partial charge in [0.05, 0.1) is 12.6 Å². The van der Waals surface area contributed by atoms with E-state index in [2.05, 4.69) is 4.98 Å². The van der Waals surface area contributed by atoms with Gasteiger partial charge < -0.3 is 14.4 Å². The van der Waals surface area contributed by atoms with Gasteiger partial charge in [-0.15, -0.1) is 0 Å². The van der Waals surface area contributed by atoms with Gasteiger partial charge in [-0.3, -0.25) is 9.59 Å². The van der Waals surface area contributed by atoms with Crippen LogP contribution in [0, 0.1) is 12.8 Å². The quantitative estimate of drug-likeness (QED) is 0.270. The molecular formula is C25H32Cl2N2O4. The Morgan fingerprint density at radius 1 is 1.09 bits per heavy atom. The summed E-state index contributed by atoms with van der Waals surface area (Å²) >= 11 is 12.4. The van der Waals surface area contributed by atoms with Gasteiger partial charge in [-0.05, 0) is 77.8 Å². The molecule has 0 aliphatic carbocycles. The number of aryl methyl sites for hydroxylation is 1. The van der Waals surface area contributed by atoms with E-state index in [4.69, 9.17) is 32.7 Å². The fourth-order valence-corrected chi connectivity index (χ4v) is 4.01. The number of nitrogens with zero attached hydrogens (tertiary/aromatic N) is 2. The lowest BCUT2D eigenvalue weighted by Gasteiger charge is -2.41. The van der Waals surface area contributed by atoms with Gasteiger partial charge in [-0.25, -0.2) is 4.98 Å². The largest absolute Gasteiger partial charge is 0.497 e. The Labute approximate surface area is 206 Å². The van der Waals surface area contributed by atoms with E-state index in [1.165, 1.54) is 0 Å². The van der Waals surface area contributed by atoms with E-state index in [-0.39, 0.29) is 22.8 Å². The van der Waals surface area contributed by atoms with E-state index >= 15 is 0 Å². The Kier molecular flexibility index (Phi) is 8.41. The van der Waals surface area contributed by atoms with Gasteiger partial charge >= 0.3 is 5.97 Å². The van der Waals surface area contributed by atoms with Crippen molar-refractivity contribution in [2.24, 2.45) is 5.92 Å². The molecule has 0 fully saturated rings. The molecular weight excluding hydrogens is 463 g/mol. The number of ether oxygens (including phenoxy) is 2. The zero-order valence-corrected chi connectivity index (χ0v) is 22.0. The third kappa shape index (κ3) is 6.61. The van der Waals surface area contributed by atoms with Crippen molar-refractivity contribution in [2.45, 2.75) is 66.2 Å². The summed E-state index contributed by atoms with van der Waals surface area (Å²) in [5.74, 6) is -1.25. The summed E-state index contributed by atoms with van der Waals surface area (Å²) in [5.41, 5.74) is 0.861. The summed E-state index contributed by atoms with van der Waals surface area (Å²) in [5, 5.41) is 0.451. The first-order valence-electron chi connectivity index (χ1n) is 10.7. The maximum atomic E-state index is 13.7. The van der Waals surface area contributed by atoms with Crippen molar-refractivity contribution in [1.29, 1.82) is 0 Å². The standard InChI is InChI=1S/C25H32Cl2N2O4/c1-15-13-18(32-8)10-9-17(15)14-29(22(30)16(2)23(31)33-24(3,4)5)25(6,7)19-11-12-20(26)28-21(19)27/h9-13,16H,14H2,1-8H3. The Morgan fingerprint density at radius 2 is 1.73 bits per heavy atom. The number of aromatic nitrogens is 1. The van der Waals surface area contributed by atoms with E-state index < -0.39 is 23.0 Å². The highest BCUT2D eigenvalue weighted by Crippen LogP contribution is 2.36. The summed E-state index contributed by atoms with van der Waals surface area (Å²) in [6, 6.07) is 9.02. The molecule has 0 aliphatic heterocycles. The van der Waals surface area contributed by atoms with Gasteiger partial charge in [-0.2, -0.15) is 0 Å². The monoisotopic (exact) mass is 494 g/mol. The molecule has 0 N–H and O–H groups in total. The van der Waals surface area contributed by atoms with Crippen LogP contribution in [-0.4, -0.2) is 34.5 Å². The highest BCUT2D eigenvalue weighted by molar-refractivity contribution is 6.33. The highest BCUT2D eigenvalue weighted by Gasteiger charge is 2.40. The van der Waals surface area contributed by atoms with E-state index in [1.807, 2.05) is 39.0 Å². The minimum atomic E-state index is -1.01. The number of carbonyl (C=O) groups is 2. The molecule has 1 atom stereocenters. The molecule has 2 rings (SSSR count). The number of amides is 1. The van der Waals surface area contributed by atoms with Gasteiger partial charge in [0, 0.05) is 12.1 Å². The number of rotatable bonds is 7. The maximum absolute atomic E-state index is 13.7. The Bertz CT molecular complexity index is 1030. The lowest BCUT2D eigenvalue weighted by molar-refractivity contribution is -0.165. The predicted octanol–water partition coefficient (Wildman–Crippen LogP) is 5.95. The van der Waals surface area contributed by atoms with Crippen LogP contribution in [0.4, 0.5) is 0 Å². The van der Waals surface area contributed by atoms with Gasteiger partial charge in [0.25, 0.3) is 0 Å². The van der Waals surface area contributed by atoms with Gasteiger partial charge in [0.15, 0.2) is 0 Å². The summed E-state index contributed by atoms with van der Waals surface area (Å²) in [4.78, 5) is 32.2. The van der Waals surface area contributed by atoms with Crippen LogP contribution in [0.3, 0.4) is 0 Å². The van der Waals surface area contributed by atoms with Crippen LogP contribution >= 0.6 is 23.2 Å². The Hall–Kier alpha value is -2.31. The number of hydrogen-bond donors (Lipinski definition) is 0. The number of carbonyl (C=O) groups excluding carboxylic acids is 2. The van der Waals surface area contributed by atoms with Crippen molar-refractivity contribution in [1.82, 2.24) is 9.88 Å². The number of methoxy groups -OCH3 is 1. The van der Waals surface area contributed by atoms with Crippen LogP contribution < -0.4 is 4.74 Å². The van der Waals surface area contributed by atoms with Crippen LogP contribution in [0.2, 0.25) is 10.3 Å². The lowest BCUT2D eigenvalue weighted by atomic mass is 9.90. The summed E-state index contributed by atoms with van der Waals surface area (Å²) in [6.07, 6.45) is 0. The molecule has 1 unspecified atom stereocenters. The average Bonchev–Trinajstić information content (AvgIpc) is 2.69. The zero-order chi connectivity index (χ0) is 25.1. The third-order valence-corrected chi connectivity index (χ3v) is 5.92. The minimum Gasteiger partial charge on any atom is -0.497 e. The fraction of sp³-hybridized carbons (Fsp3) is 0.480. The minimum absolute atomic E-state index is 0.196. The lowest BCUT2D eigenvalue weighted by Crippen LogP contribution is -2.49. The van der Waals surface area contributed by atoms with Crippen molar-refractivity contribution in [3.63, 3.8) is 0 Å². The van der Waals surface area contributed by atoms with E-state index in [1.54, 1.807) is 51.8 Å².